The Hall–Kier alpha value is -3.62. The van der Waals surface area contributed by atoms with Crippen LogP contribution in [0.25, 0.3) is 0 Å². The summed E-state index contributed by atoms with van der Waals surface area (Å²) in [6.07, 6.45) is -0.929. The maximum Gasteiger partial charge on any atom is 0.337 e. The lowest BCUT2D eigenvalue weighted by atomic mass is 10.2. The lowest BCUT2D eigenvalue weighted by Crippen LogP contribution is -2.30. The topological polar surface area (TPSA) is 117 Å². The Morgan fingerprint density at radius 1 is 1.11 bits per heavy atom. The van der Waals surface area contributed by atoms with E-state index in [4.69, 9.17) is 9.47 Å². The minimum absolute atomic E-state index is 0.138. The molecule has 0 aliphatic rings. The van der Waals surface area contributed by atoms with Crippen LogP contribution in [-0.2, 0) is 9.53 Å². The lowest BCUT2D eigenvalue weighted by molar-refractivity contribution is -0.384. The first-order chi connectivity index (χ1) is 12.8. The van der Waals surface area contributed by atoms with E-state index in [1.165, 1.54) is 63.6 Å². The third-order valence-electron chi connectivity index (χ3n) is 3.58. The van der Waals surface area contributed by atoms with Crippen LogP contribution in [0.1, 0.15) is 17.3 Å². The molecule has 0 aliphatic heterocycles. The minimum Gasteiger partial charge on any atom is -0.493 e. The largest absolute Gasteiger partial charge is 0.493 e. The highest BCUT2D eigenvalue weighted by Crippen LogP contribution is 2.29. The van der Waals surface area contributed by atoms with Crippen molar-refractivity contribution in [2.24, 2.45) is 0 Å². The number of methoxy groups -OCH3 is 2. The van der Waals surface area contributed by atoms with Crippen LogP contribution in [-0.4, -0.2) is 37.1 Å². The fourth-order valence-electron chi connectivity index (χ4n) is 2.19. The molecule has 0 radical (unpaired) electrons. The van der Waals surface area contributed by atoms with Crippen molar-refractivity contribution in [1.82, 2.24) is 0 Å². The first kappa shape index (κ1) is 19.7. The Morgan fingerprint density at radius 3 is 2.48 bits per heavy atom. The van der Waals surface area contributed by atoms with E-state index >= 15 is 0 Å². The smallest absolute Gasteiger partial charge is 0.337 e. The van der Waals surface area contributed by atoms with Crippen molar-refractivity contribution in [1.29, 1.82) is 0 Å². The second-order valence-corrected chi connectivity index (χ2v) is 5.41. The van der Waals surface area contributed by atoms with Crippen LogP contribution in [0.3, 0.4) is 0 Å². The fourth-order valence-corrected chi connectivity index (χ4v) is 2.19. The van der Waals surface area contributed by atoms with Crippen molar-refractivity contribution in [3.8, 4) is 11.5 Å². The fraction of sp³-hybridized carbons (Fsp3) is 0.222. The molecule has 2 aromatic rings. The number of hydrogen-bond donors (Lipinski definition) is 1. The average Bonchev–Trinajstić information content (AvgIpc) is 2.67. The molecule has 1 N–H and O–H groups in total. The van der Waals surface area contributed by atoms with Gasteiger partial charge in [-0.2, -0.15) is 0 Å². The number of amides is 1. The maximum absolute atomic E-state index is 12.3. The van der Waals surface area contributed by atoms with Crippen molar-refractivity contribution < 1.29 is 28.7 Å². The molecule has 0 bridgehead atoms. The molecule has 9 nitrogen and oxygen atoms in total. The molecule has 142 valence electrons. The molecular weight excluding hydrogens is 356 g/mol. The molecule has 0 saturated carbocycles. The number of carbonyl (C=O) groups is 2. The summed E-state index contributed by atoms with van der Waals surface area (Å²) in [6.45, 7) is 1.51. The predicted molar refractivity (Wildman–Crippen MR) is 96.1 cm³/mol. The van der Waals surface area contributed by atoms with Gasteiger partial charge in [0, 0.05) is 17.8 Å². The minimum atomic E-state index is -0.929. The number of non-ortho nitro benzene ring substituents is 1. The first-order valence-corrected chi connectivity index (χ1v) is 7.84. The summed E-state index contributed by atoms with van der Waals surface area (Å²) < 4.78 is 15.4. The summed E-state index contributed by atoms with van der Waals surface area (Å²) in [5.74, 6) is -0.523. The van der Waals surface area contributed by atoms with E-state index in [9.17, 15) is 19.7 Å². The normalized spacial score (nSPS) is 11.2. The van der Waals surface area contributed by atoms with Crippen LogP contribution in [0.4, 0.5) is 11.4 Å². The van der Waals surface area contributed by atoms with Gasteiger partial charge in [0.15, 0.2) is 17.6 Å². The number of esters is 1. The van der Waals surface area contributed by atoms with Crippen molar-refractivity contribution >= 4 is 23.3 Å². The van der Waals surface area contributed by atoms with Crippen LogP contribution >= 0.6 is 0 Å². The molecule has 1 amide bonds. The molecule has 0 aromatic heterocycles. The van der Waals surface area contributed by atoms with Crippen LogP contribution in [0.2, 0.25) is 0 Å². The summed E-state index contributed by atoms with van der Waals surface area (Å²) in [6, 6.07) is 9.97. The predicted octanol–water partition coefficient (Wildman–Crippen LogP) is 2.80. The van der Waals surface area contributed by atoms with Gasteiger partial charge in [-0.05, 0) is 31.2 Å². The Kier molecular flexibility index (Phi) is 6.32. The Bertz CT molecular complexity index is 867. The molecular formula is C18H18N2O7. The molecule has 0 aliphatic carbocycles. The molecule has 1 atom stereocenters. The molecule has 9 heteroatoms. The highest BCUT2D eigenvalue weighted by Gasteiger charge is 2.19. The summed E-state index contributed by atoms with van der Waals surface area (Å²) in [5.41, 5.74) is 0.412. The SMILES string of the molecule is COC(=O)c1ccc(OC(C)C(=O)Nc2cccc([N+](=O)[O-])c2)c(OC)c1. The van der Waals surface area contributed by atoms with E-state index in [1.807, 2.05) is 0 Å². The number of rotatable bonds is 7. The third-order valence-corrected chi connectivity index (χ3v) is 3.58. The van der Waals surface area contributed by atoms with Crippen LogP contribution in [0.5, 0.6) is 11.5 Å². The number of nitro benzene ring substituents is 1. The summed E-state index contributed by atoms with van der Waals surface area (Å²) >= 11 is 0. The number of hydrogen-bond acceptors (Lipinski definition) is 7. The maximum atomic E-state index is 12.3. The van der Waals surface area contributed by atoms with E-state index in [0.29, 0.717) is 0 Å². The summed E-state index contributed by atoms with van der Waals surface area (Å²) in [7, 11) is 2.66. The van der Waals surface area contributed by atoms with Crippen LogP contribution < -0.4 is 14.8 Å². The van der Waals surface area contributed by atoms with Crippen LogP contribution in [0.15, 0.2) is 42.5 Å². The number of ether oxygens (including phenoxy) is 3. The van der Waals surface area contributed by atoms with Gasteiger partial charge in [-0.1, -0.05) is 6.07 Å². The molecule has 2 rings (SSSR count). The zero-order chi connectivity index (χ0) is 20.0. The van der Waals surface area contributed by atoms with Crippen molar-refractivity contribution in [2.75, 3.05) is 19.5 Å². The average molecular weight is 374 g/mol. The van der Waals surface area contributed by atoms with Gasteiger partial charge in [0.2, 0.25) is 0 Å². The van der Waals surface area contributed by atoms with Crippen molar-refractivity contribution in [3.05, 3.63) is 58.1 Å². The summed E-state index contributed by atoms with van der Waals surface area (Å²) in [5, 5.41) is 13.4. The van der Waals surface area contributed by atoms with Gasteiger partial charge in [0.25, 0.3) is 11.6 Å². The van der Waals surface area contributed by atoms with E-state index in [2.05, 4.69) is 10.1 Å². The lowest BCUT2D eigenvalue weighted by Gasteiger charge is -2.17. The standard InChI is InChI=1S/C18H18N2O7/c1-11(17(21)19-13-5-4-6-14(10-13)20(23)24)27-15-8-7-12(18(22)26-3)9-16(15)25-2/h4-11H,1-3H3,(H,19,21). The number of anilines is 1. The zero-order valence-electron chi connectivity index (χ0n) is 14.9. The summed E-state index contributed by atoms with van der Waals surface area (Å²) in [4.78, 5) is 34.1. The molecule has 2 aromatic carbocycles. The highest BCUT2D eigenvalue weighted by atomic mass is 16.6. The molecule has 0 heterocycles. The monoisotopic (exact) mass is 374 g/mol. The number of nitrogens with one attached hydrogen (secondary N) is 1. The van der Waals surface area contributed by atoms with Gasteiger partial charge in [0.1, 0.15) is 0 Å². The van der Waals surface area contributed by atoms with Gasteiger partial charge in [-0.3, -0.25) is 14.9 Å². The van der Waals surface area contributed by atoms with Gasteiger partial charge in [-0.15, -0.1) is 0 Å². The molecule has 27 heavy (non-hydrogen) atoms. The van der Waals surface area contributed by atoms with Crippen molar-refractivity contribution in [3.63, 3.8) is 0 Å². The molecule has 0 saturated heterocycles. The molecule has 0 spiro atoms. The van der Waals surface area contributed by atoms with Gasteiger partial charge >= 0.3 is 5.97 Å². The number of nitrogens with zero attached hydrogens (tertiary/aromatic N) is 1. The first-order valence-electron chi connectivity index (χ1n) is 7.84. The van der Waals surface area contributed by atoms with Gasteiger partial charge < -0.3 is 19.5 Å². The van der Waals surface area contributed by atoms with Gasteiger partial charge in [0.05, 0.1) is 24.7 Å². The van der Waals surface area contributed by atoms with Crippen LogP contribution in [0, 0.1) is 10.1 Å². The third kappa shape index (κ3) is 4.94. The van der Waals surface area contributed by atoms with E-state index in [1.54, 1.807) is 0 Å². The Labute approximate surface area is 155 Å². The quantitative estimate of drug-likeness (QED) is 0.450. The number of nitro groups is 1. The number of benzene rings is 2. The van der Waals surface area contributed by atoms with Gasteiger partial charge in [-0.25, -0.2) is 4.79 Å². The van der Waals surface area contributed by atoms with E-state index in [-0.39, 0.29) is 28.4 Å². The second kappa shape index (κ2) is 8.65. The number of carbonyl (C=O) groups excluding carboxylic acids is 2. The zero-order valence-corrected chi connectivity index (χ0v) is 14.9. The molecule has 0 fully saturated rings. The second-order valence-electron chi connectivity index (χ2n) is 5.41. The molecule has 1 unspecified atom stereocenters. The van der Waals surface area contributed by atoms with Crippen molar-refractivity contribution in [2.45, 2.75) is 13.0 Å². The highest BCUT2D eigenvalue weighted by molar-refractivity contribution is 5.94. The Balaban J connectivity index is 2.11. The Morgan fingerprint density at radius 2 is 1.85 bits per heavy atom. The van der Waals surface area contributed by atoms with E-state index in [0.717, 1.165) is 0 Å². The van der Waals surface area contributed by atoms with E-state index < -0.39 is 22.9 Å².